The predicted molar refractivity (Wildman–Crippen MR) is 89.5 cm³/mol. The highest BCUT2D eigenvalue weighted by molar-refractivity contribution is 6.31. The zero-order valence-corrected chi connectivity index (χ0v) is 13.5. The van der Waals surface area contributed by atoms with Crippen molar-refractivity contribution < 1.29 is 9.53 Å². The van der Waals surface area contributed by atoms with E-state index in [2.05, 4.69) is 6.07 Å². The lowest BCUT2D eigenvalue weighted by molar-refractivity contribution is 0.0695. The van der Waals surface area contributed by atoms with Crippen LogP contribution in [-0.2, 0) is 11.3 Å². The minimum atomic E-state index is -0.245. The molecule has 1 amide bonds. The number of ether oxygens (including phenoxy) is 1. The summed E-state index contributed by atoms with van der Waals surface area (Å²) in [5, 5.41) is 0.762. The molecule has 0 N–H and O–H groups in total. The van der Waals surface area contributed by atoms with Gasteiger partial charge in [-0.05, 0) is 41.5 Å². The van der Waals surface area contributed by atoms with Gasteiger partial charge in [-0.1, -0.05) is 54.1 Å². The van der Waals surface area contributed by atoms with Crippen LogP contribution in [0.15, 0.2) is 48.5 Å². The van der Waals surface area contributed by atoms with Crippen molar-refractivity contribution in [2.75, 3.05) is 6.54 Å². The number of hydrogen-bond acceptors (Lipinski definition) is 2. The zero-order chi connectivity index (χ0) is 15.8. The number of fused-ring (bicyclic) bond motifs is 5. The summed E-state index contributed by atoms with van der Waals surface area (Å²) in [5.41, 5.74) is 3.43. The molecule has 0 saturated carbocycles. The first-order valence-electron chi connectivity index (χ1n) is 7.99. The lowest BCUT2D eigenvalue weighted by Gasteiger charge is -2.33. The van der Waals surface area contributed by atoms with Crippen molar-refractivity contribution in [1.82, 2.24) is 4.90 Å². The third-order valence-electron chi connectivity index (χ3n) is 4.90. The number of benzene rings is 2. The number of carbonyl (C=O) groups is 1. The Balaban J connectivity index is 1.52. The van der Waals surface area contributed by atoms with Gasteiger partial charge in [0.25, 0.3) is 0 Å². The van der Waals surface area contributed by atoms with Gasteiger partial charge in [0.15, 0.2) is 0 Å². The Bertz CT molecular complexity index is 731. The van der Waals surface area contributed by atoms with Gasteiger partial charge in [0.1, 0.15) is 6.61 Å². The second-order valence-corrected chi connectivity index (χ2v) is 6.62. The molecular weight excluding hydrogens is 310 g/mol. The standard InChI is InChI=1S/C19H18ClNO2/c20-16-8-4-7-15-14-9-10-21(17(11-14)18(15)16)19(22)23-12-13-5-2-1-3-6-13/h1-8,14,17H,9-12H2/t14-,17-/m1/s1. The van der Waals surface area contributed by atoms with Crippen molar-refractivity contribution in [3.05, 3.63) is 70.2 Å². The Morgan fingerprint density at radius 3 is 2.83 bits per heavy atom. The normalized spacial score (nSPS) is 21.9. The number of hydrogen-bond donors (Lipinski definition) is 0. The van der Waals surface area contributed by atoms with Crippen LogP contribution in [0.25, 0.3) is 0 Å². The molecule has 1 aliphatic carbocycles. The molecule has 1 fully saturated rings. The monoisotopic (exact) mass is 327 g/mol. The minimum absolute atomic E-state index is 0.0562. The average Bonchev–Trinajstić information content (AvgIpc) is 2.88. The van der Waals surface area contributed by atoms with Gasteiger partial charge in [0.2, 0.25) is 0 Å². The predicted octanol–water partition coefficient (Wildman–Crippen LogP) is 4.91. The molecule has 1 aliphatic heterocycles. The van der Waals surface area contributed by atoms with Crippen molar-refractivity contribution in [2.24, 2.45) is 0 Å². The van der Waals surface area contributed by atoms with Crippen molar-refractivity contribution in [2.45, 2.75) is 31.4 Å². The number of nitrogens with zero attached hydrogens (tertiary/aromatic N) is 1. The Labute approximate surface area is 140 Å². The van der Waals surface area contributed by atoms with Crippen LogP contribution in [0.2, 0.25) is 5.02 Å². The van der Waals surface area contributed by atoms with Crippen LogP contribution < -0.4 is 0 Å². The summed E-state index contributed by atoms with van der Waals surface area (Å²) in [4.78, 5) is 14.4. The van der Waals surface area contributed by atoms with E-state index >= 15 is 0 Å². The van der Waals surface area contributed by atoms with Crippen LogP contribution in [0.4, 0.5) is 4.79 Å². The smallest absolute Gasteiger partial charge is 0.410 e. The van der Waals surface area contributed by atoms with E-state index in [1.54, 1.807) is 0 Å². The van der Waals surface area contributed by atoms with Gasteiger partial charge in [-0.3, -0.25) is 0 Å². The molecule has 2 aromatic carbocycles. The van der Waals surface area contributed by atoms with E-state index in [1.807, 2.05) is 47.4 Å². The van der Waals surface area contributed by atoms with Crippen LogP contribution in [0.3, 0.4) is 0 Å². The number of rotatable bonds is 2. The molecule has 2 aliphatic rings. The Morgan fingerprint density at radius 1 is 1.17 bits per heavy atom. The first kappa shape index (κ1) is 14.6. The van der Waals surface area contributed by atoms with Gasteiger partial charge in [-0.25, -0.2) is 4.79 Å². The molecule has 0 radical (unpaired) electrons. The fourth-order valence-electron chi connectivity index (χ4n) is 3.80. The molecule has 1 heterocycles. The molecule has 0 spiro atoms. The molecule has 3 nitrogen and oxygen atoms in total. The van der Waals surface area contributed by atoms with Gasteiger partial charge in [0, 0.05) is 11.6 Å². The molecule has 2 bridgehead atoms. The molecule has 4 rings (SSSR count). The van der Waals surface area contributed by atoms with Crippen LogP contribution in [0, 0.1) is 0 Å². The maximum atomic E-state index is 12.5. The van der Waals surface area contributed by atoms with Crippen molar-refractivity contribution in [1.29, 1.82) is 0 Å². The van der Waals surface area contributed by atoms with E-state index in [4.69, 9.17) is 16.3 Å². The maximum absolute atomic E-state index is 12.5. The summed E-state index contributed by atoms with van der Waals surface area (Å²) in [6.45, 7) is 1.04. The molecule has 23 heavy (non-hydrogen) atoms. The molecule has 4 heteroatoms. The second-order valence-electron chi connectivity index (χ2n) is 6.21. The fraction of sp³-hybridized carbons (Fsp3) is 0.316. The SMILES string of the molecule is O=C(OCc1ccccc1)N1CC[C@@H]2C[C@@H]1c1c(Cl)cccc12. The highest BCUT2D eigenvalue weighted by Crippen LogP contribution is 2.51. The summed E-state index contributed by atoms with van der Waals surface area (Å²) in [6, 6.07) is 15.9. The zero-order valence-electron chi connectivity index (χ0n) is 12.7. The lowest BCUT2D eigenvalue weighted by atomic mass is 9.96. The van der Waals surface area contributed by atoms with Gasteiger partial charge in [-0.2, -0.15) is 0 Å². The molecule has 2 atom stereocenters. The van der Waals surface area contributed by atoms with Crippen LogP contribution in [0.1, 0.15) is 41.5 Å². The molecule has 2 aromatic rings. The van der Waals surface area contributed by atoms with Gasteiger partial charge >= 0.3 is 6.09 Å². The Hall–Kier alpha value is -2.00. The van der Waals surface area contributed by atoms with Crippen molar-refractivity contribution in [3.63, 3.8) is 0 Å². The quantitative estimate of drug-likeness (QED) is 0.784. The molecule has 0 unspecified atom stereocenters. The number of amides is 1. The van der Waals surface area contributed by atoms with E-state index in [9.17, 15) is 4.79 Å². The van der Waals surface area contributed by atoms with Gasteiger partial charge in [-0.15, -0.1) is 0 Å². The van der Waals surface area contributed by atoms with E-state index in [0.717, 1.165) is 35.5 Å². The average molecular weight is 328 g/mol. The summed E-state index contributed by atoms with van der Waals surface area (Å²) in [7, 11) is 0. The van der Waals surface area contributed by atoms with Crippen LogP contribution in [-0.4, -0.2) is 17.5 Å². The van der Waals surface area contributed by atoms with Crippen molar-refractivity contribution in [3.8, 4) is 0 Å². The molecule has 1 saturated heterocycles. The number of piperidine rings is 1. The van der Waals surface area contributed by atoms with E-state index in [0.29, 0.717) is 12.5 Å². The van der Waals surface area contributed by atoms with Crippen LogP contribution >= 0.6 is 11.6 Å². The van der Waals surface area contributed by atoms with E-state index < -0.39 is 0 Å². The first-order valence-corrected chi connectivity index (χ1v) is 8.37. The largest absolute Gasteiger partial charge is 0.445 e. The maximum Gasteiger partial charge on any atom is 0.410 e. The fourth-order valence-corrected chi connectivity index (χ4v) is 4.11. The van der Waals surface area contributed by atoms with Crippen molar-refractivity contribution >= 4 is 17.7 Å². The number of carbonyl (C=O) groups excluding carboxylic acids is 1. The molecule has 118 valence electrons. The highest BCUT2D eigenvalue weighted by atomic mass is 35.5. The van der Waals surface area contributed by atoms with Gasteiger partial charge < -0.3 is 9.64 Å². The number of halogens is 1. The third kappa shape index (κ3) is 2.59. The third-order valence-corrected chi connectivity index (χ3v) is 5.23. The van der Waals surface area contributed by atoms with E-state index in [-0.39, 0.29) is 12.1 Å². The summed E-state index contributed by atoms with van der Waals surface area (Å²) >= 11 is 6.40. The molecular formula is C19H18ClNO2. The summed E-state index contributed by atoms with van der Waals surface area (Å²) in [5.74, 6) is 0.520. The Kier molecular flexibility index (Phi) is 3.74. The first-order chi connectivity index (χ1) is 11.2. The van der Waals surface area contributed by atoms with E-state index in [1.165, 1.54) is 5.56 Å². The second kappa shape index (κ2) is 5.89. The highest BCUT2D eigenvalue weighted by Gasteiger charge is 2.42. The summed E-state index contributed by atoms with van der Waals surface area (Å²) < 4.78 is 5.52. The lowest BCUT2D eigenvalue weighted by Crippen LogP contribution is -2.37. The van der Waals surface area contributed by atoms with Crippen LogP contribution in [0.5, 0.6) is 0 Å². The summed E-state index contributed by atoms with van der Waals surface area (Å²) in [6.07, 6.45) is 1.69. The minimum Gasteiger partial charge on any atom is -0.445 e. The topological polar surface area (TPSA) is 29.5 Å². The van der Waals surface area contributed by atoms with Gasteiger partial charge in [0.05, 0.1) is 6.04 Å². The number of likely N-dealkylation sites (tertiary alicyclic amines) is 1. The molecule has 0 aromatic heterocycles. The Morgan fingerprint density at radius 2 is 2.00 bits per heavy atom.